The Labute approximate surface area is 146 Å². The summed E-state index contributed by atoms with van der Waals surface area (Å²) in [6.07, 6.45) is 0.806. The summed E-state index contributed by atoms with van der Waals surface area (Å²) in [4.78, 5) is 24.8. The highest BCUT2D eigenvalue weighted by Crippen LogP contribution is 2.21. The first-order chi connectivity index (χ1) is 11.6. The predicted octanol–water partition coefficient (Wildman–Crippen LogP) is 2.55. The van der Waals surface area contributed by atoms with Crippen molar-refractivity contribution in [2.24, 2.45) is 0 Å². The highest BCUT2D eigenvalue weighted by Gasteiger charge is 2.08. The van der Waals surface area contributed by atoms with Crippen LogP contribution >= 0.6 is 22.7 Å². The van der Waals surface area contributed by atoms with Crippen LogP contribution in [0.2, 0.25) is 0 Å². The lowest BCUT2D eigenvalue weighted by Crippen LogP contribution is -2.23. The molecule has 9 heteroatoms. The Morgan fingerprint density at radius 2 is 2.17 bits per heavy atom. The van der Waals surface area contributed by atoms with Gasteiger partial charge in [-0.3, -0.25) is 9.59 Å². The van der Waals surface area contributed by atoms with Gasteiger partial charge >= 0.3 is 0 Å². The van der Waals surface area contributed by atoms with Gasteiger partial charge in [-0.25, -0.2) is 4.68 Å². The van der Waals surface area contributed by atoms with Gasteiger partial charge in [0, 0.05) is 19.0 Å². The summed E-state index contributed by atoms with van der Waals surface area (Å²) in [5.41, 5.74) is 0.592. The van der Waals surface area contributed by atoms with Gasteiger partial charge in [0.1, 0.15) is 10.7 Å². The van der Waals surface area contributed by atoms with Gasteiger partial charge in [0.05, 0.1) is 4.88 Å². The standard InChI is InChI=1S/C15H15N5O2S2/c1-10-17-18-15(24-10)16-13(21)5-2-8-20-14(22)7-6-11(19-20)12-4-3-9-23-12/h3-4,6-7,9H,2,5,8H2,1H3,(H,16,18,21). The lowest BCUT2D eigenvalue weighted by molar-refractivity contribution is -0.116. The molecule has 7 nitrogen and oxygen atoms in total. The molecule has 24 heavy (non-hydrogen) atoms. The number of aromatic nitrogens is 4. The third-order valence-corrected chi connectivity index (χ3v) is 4.83. The van der Waals surface area contributed by atoms with Crippen molar-refractivity contribution in [3.8, 4) is 10.6 Å². The fourth-order valence-corrected chi connectivity index (χ4v) is 3.38. The maximum Gasteiger partial charge on any atom is 0.266 e. The van der Waals surface area contributed by atoms with Gasteiger partial charge in [-0.05, 0) is 30.9 Å². The molecule has 3 aromatic heterocycles. The predicted molar refractivity (Wildman–Crippen MR) is 94.3 cm³/mol. The Balaban J connectivity index is 1.57. The van der Waals surface area contributed by atoms with Crippen molar-refractivity contribution in [2.45, 2.75) is 26.3 Å². The van der Waals surface area contributed by atoms with E-state index in [1.165, 1.54) is 22.1 Å². The van der Waals surface area contributed by atoms with Gasteiger partial charge < -0.3 is 5.32 Å². The molecule has 124 valence electrons. The minimum Gasteiger partial charge on any atom is -0.301 e. The van der Waals surface area contributed by atoms with Crippen LogP contribution in [-0.4, -0.2) is 25.9 Å². The molecule has 0 spiro atoms. The van der Waals surface area contributed by atoms with E-state index < -0.39 is 0 Å². The quantitative estimate of drug-likeness (QED) is 0.729. The van der Waals surface area contributed by atoms with Crippen molar-refractivity contribution in [2.75, 3.05) is 5.32 Å². The SMILES string of the molecule is Cc1nnc(NC(=O)CCCn2nc(-c3cccs3)ccc2=O)s1. The van der Waals surface area contributed by atoms with Gasteiger partial charge in [0.2, 0.25) is 11.0 Å². The van der Waals surface area contributed by atoms with Crippen molar-refractivity contribution >= 4 is 33.7 Å². The second kappa shape index (κ2) is 7.45. The number of hydrogen-bond donors (Lipinski definition) is 1. The lowest BCUT2D eigenvalue weighted by Gasteiger charge is -2.06. The summed E-state index contributed by atoms with van der Waals surface area (Å²) in [6, 6.07) is 7.12. The maximum absolute atomic E-state index is 11.9. The van der Waals surface area contributed by atoms with Crippen LogP contribution in [0.1, 0.15) is 17.8 Å². The van der Waals surface area contributed by atoms with Crippen molar-refractivity contribution in [1.82, 2.24) is 20.0 Å². The molecule has 3 rings (SSSR count). The summed E-state index contributed by atoms with van der Waals surface area (Å²) < 4.78 is 1.40. The van der Waals surface area contributed by atoms with E-state index >= 15 is 0 Å². The average Bonchev–Trinajstić information content (AvgIpc) is 3.21. The Morgan fingerprint density at radius 1 is 1.29 bits per heavy atom. The molecule has 0 atom stereocenters. The summed E-state index contributed by atoms with van der Waals surface area (Å²) in [5, 5.41) is 18.0. The molecule has 0 aliphatic heterocycles. The average molecular weight is 361 g/mol. The van der Waals surface area contributed by atoms with Crippen LogP contribution in [0.4, 0.5) is 5.13 Å². The van der Waals surface area contributed by atoms with Crippen LogP contribution in [-0.2, 0) is 11.3 Å². The van der Waals surface area contributed by atoms with Crippen molar-refractivity contribution < 1.29 is 4.79 Å². The molecular weight excluding hydrogens is 346 g/mol. The number of rotatable bonds is 6. The molecule has 0 fully saturated rings. The Bertz CT molecular complexity index is 885. The van der Waals surface area contributed by atoms with Crippen LogP contribution in [0.15, 0.2) is 34.4 Å². The summed E-state index contributed by atoms with van der Waals surface area (Å²) in [5.74, 6) is -0.145. The molecular formula is C15H15N5O2S2. The maximum atomic E-state index is 11.9. The number of carbonyl (C=O) groups excluding carboxylic acids is 1. The first-order valence-corrected chi connectivity index (χ1v) is 9.03. The van der Waals surface area contributed by atoms with Gasteiger partial charge in [-0.15, -0.1) is 21.5 Å². The highest BCUT2D eigenvalue weighted by molar-refractivity contribution is 7.15. The minimum absolute atomic E-state index is 0.145. The second-order valence-electron chi connectivity index (χ2n) is 5.04. The summed E-state index contributed by atoms with van der Waals surface area (Å²) >= 11 is 2.90. The van der Waals surface area contributed by atoms with E-state index in [1.807, 2.05) is 24.4 Å². The summed E-state index contributed by atoms with van der Waals surface area (Å²) in [6.45, 7) is 2.21. The molecule has 0 aliphatic rings. The zero-order valence-electron chi connectivity index (χ0n) is 12.9. The van der Waals surface area contributed by atoms with Crippen LogP contribution in [0.25, 0.3) is 10.6 Å². The van der Waals surface area contributed by atoms with Gasteiger partial charge in [0.25, 0.3) is 5.56 Å². The number of aryl methyl sites for hydroxylation is 2. The van der Waals surface area contributed by atoms with E-state index in [2.05, 4.69) is 20.6 Å². The molecule has 0 bridgehead atoms. The molecule has 0 aromatic carbocycles. The minimum atomic E-state index is -0.171. The molecule has 0 aliphatic carbocycles. The zero-order chi connectivity index (χ0) is 16.9. The van der Waals surface area contributed by atoms with Crippen LogP contribution in [0, 0.1) is 6.92 Å². The van der Waals surface area contributed by atoms with Gasteiger partial charge in [0.15, 0.2) is 0 Å². The second-order valence-corrected chi connectivity index (χ2v) is 7.16. The topological polar surface area (TPSA) is 89.8 Å². The molecule has 1 N–H and O–H groups in total. The molecule has 0 radical (unpaired) electrons. The fraction of sp³-hybridized carbons (Fsp3) is 0.267. The number of carbonyl (C=O) groups is 1. The number of hydrogen-bond acceptors (Lipinski definition) is 7. The zero-order valence-corrected chi connectivity index (χ0v) is 14.6. The van der Waals surface area contributed by atoms with E-state index in [-0.39, 0.29) is 17.9 Å². The third-order valence-electron chi connectivity index (χ3n) is 3.19. The molecule has 0 saturated carbocycles. The number of nitrogens with zero attached hydrogens (tertiary/aromatic N) is 4. The molecule has 3 aromatic rings. The highest BCUT2D eigenvalue weighted by atomic mass is 32.1. The van der Waals surface area contributed by atoms with Crippen LogP contribution in [0.5, 0.6) is 0 Å². The molecule has 1 amide bonds. The van der Waals surface area contributed by atoms with Gasteiger partial charge in [-0.2, -0.15) is 5.10 Å². The Hall–Kier alpha value is -2.39. The van der Waals surface area contributed by atoms with E-state index in [1.54, 1.807) is 17.4 Å². The number of anilines is 1. The van der Waals surface area contributed by atoms with Crippen LogP contribution < -0.4 is 10.9 Å². The van der Waals surface area contributed by atoms with E-state index in [0.29, 0.717) is 18.1 Å². The number of thiophene rings is 1. The number of nitrogens with one attached hydrogen (secondary N) is 1. The summed E-state index contributed by atoms with van der Waals surface area (Å²) in [7, 11) is 0. The first-order valence-electron chi connectivity index (χ1n) is 7.34. The smallest absolute Gasteiger partial charge is 0.266 e. The fourth-order valence-electron chi connectivity index (χ4n) is 2.08. The third kappa shape index (κ3) is 4.12. The first kappa shape index (κ1) is 16.5. The molecule has 0 unspecified atom stereocenters. The van der Waals surface area contributed by atoms with Crippen LogP contribution in [0.3, 0.4) is 0 Å². The van der Waals surface area contributed by atoms with Crippen molar-refractivity contribution in [1.29, 1.82) is 0 Å². The molecule has 3 heterocycles. The largest absolute Gasteiger partial charge is 0.301 e. The van der Waals surface area contributed by atoms with Crippen molar-refractivity contribution in [3.63, 3.8) is 0 Å². The Morgan fingerprint density at radius 3 is 2.88 bits per heavy atom. The monoisotopic (exact) mass is 361 g/mol. The van der Waals surface area contributed by atoms with Crippen molar-refractivity contribution in [3.05, 3.63) is 45.0 Å². The lowest BCUT2D eigenvalue weighted by atomic mass is 10.3. The van der Waals surface area contributed by atoms with E-state index in [9.17, 15) is 9.59 Å². The Kier molecular flexibility index (Phi) is 5.11. The van der Waals surface area contributed by atoms with Gasteiger partial charge in [-0.1, -0.05) is 17.4 Å². The number of amides is 1. The normalized spacial score (nSPS) is 10.7. The van der Waals surface area contributed by atoms with E-state index in [4.69, 9.17) is 0 Å². The molecule has 0 saturated heterocycles. The van der Waals surface area contributed by atoms with E-state index in [0.717, 1.165) is 15.6 Å².